The summed E-state index contributed by atoms with van der Waals surface area (Å²) in [4.78, 5) is 25.6. The van der Waals surface area contributed by atoms with E-state index in [1.165, 1.54) is 30.1 Å². The molecule has 0 aromatic heterocycles. The average Bonchev–Trinajstić information content (AvgIpc) is 2.62. The van der Waals surface area contributed by atoms with Crippen LogP contribution in [0.5, 0.6) is 0 Å². The molecule has 0 heterocycles. The second kappa shape index (κ2) is 8.03. The minimum absolute atomic E-state index is 0.159. The van der Waals surface area contributed by atoms with Crippen molar-refractivity contribution in [2.75, 3.05) is 26.5 Å². The van der Waals surface area contributed by atoms with Gasteiger partial charge in [-0.05, 0) is 43.4 Å². The zero-order valence-corrected chi connectivity index (χ0v) is 16.3. The lowest BCUT2D eigenvalue weighted by Crippen LogP contribution is -2.22. The molecular formula is C17H17ClFN3O4S. The van der Waals surface area contributed by atoms with Crippen LogP contribution < -0.4 is 10.0 Å². The first-order valence-electron chi connectivity index (χ1n) is 7.62. The highest BCUT2D eigenvalue weighted by molar-refractivity contribution is 7.89. The molecule has 0 bridgehead atoms. The molecular weight excluding hydrogens is 397 g/mol. The highest BCUT2D eigenvalue weighted by Gasteiger charge is 2.19. The molecule has 0 saturated heterocycles. The summed E-state index contributed by atoms with van der Waals surface area (Å²) in [6.07, 6.45) is 0. The number of sulfonamides is 1. The average molecular weight is 414 g/mol. The third kappa shape index (κ3) is 4.62. The normalized spacial score (nSPS) is 11.1. The van der Waals surface area contributed by atoms with Gasteiger partial charge in [0, 0.05) is 19.8 Å². The molecule has 7 nitrogen and oxygen atoms in total. The Labute approximate surface area is 161 Å². The van der Waals surface area contributed by atoms with Crippen molar-refractivity contribution >= 4 is 39.1 Å². The molecule has 0 aliphatic rings. The Morgan fingerprint density at radius 2 is 1.74 bits per heavy atom. The fourth-order valence-electron chi connectivity index (χ4n) is 2.17. The summed E-state index contributed by atoms with van der Waals surface area (Å²) in [5.41, 5.74) is -0.0934. The second-order valence-corrected chi connectivity index (χ2v) is 7.99. The highest BCUT2D eigenvalue weighted by Crippen LogP contribution is 2.23. The standard InChI is InChI=1S/C17H17ClFN3O4S/c1-20-27(25,26)11-5-7-15(19)13(9-11)16(23)21-10-4-6-14(18)12(8-10)17(24)22(2)3/h4-9,20H,1-3H3,(H,21,23). The van der Waals surface area contributed by atoms with Gasteiger partial charge in [0.05, 0.1) is 21.0 Å². The van der Waals surface area contributed by atoms with E-state index in [9.17, 15) is 22.4 Å². The van der Waals surface area contributed by atoms with Crippen LogP contribution in [-0.2, 0) is 10.0 Å². The van der Waals surface area contributed by atoms with Gasteiger partial charge in [-0.1, -0.05) is 11.6 Å². The number of benzene rings is 2. The number of carbonyl (C=O) groups is 2. The maximum absolute atomic E-state index is 14.0. The minimum Gasteiger partial charge on any atom is -0.345 e. The van der Waals surface area contributed by atoms with Crippen LogP contribution in [0.15, 0.2) is 41.3 Å². The molecule has 0 fully saturated rings. The van der Waals surface area contributed by atoms with E-state index in [1.807, 2.05) is 0 Å². The van der Waals surface area contributed by atoms with Crippen LogP contribution in [0.4, 0.5) is 10.1 Å². The molecule has 0 atom stereocenters. The molecule has 0 unspecified atom stereocenters. The van der Waals surface area contributed by atoms with Crippen LogP contribution in [0.3, 0.4) is 0 Å². The predicted molar refractivity (Wildman–Crippen MR) is 100 cm³/mol. The fraction of sp³-hybridized carbons (Fsp3) is 0.176. The van der Waals surface area contributed by atoms with Crippen LogP contribution in [0.1, 0.15) is 20.7 Å². The first kappa shape index (κ1) is 20.8. The molecule has 0 aliphatic carbocycles. The lowest BCUT2D eigenvalue weighted by Gasteiger charge is -2.13. The topological polar surface area (TPSA) is 95.6 Å². The molecule has 0 aliphatic heterocycles. The number of anilines is 1. The van der Waals surface area contributed by atoms with Crippen LogP contribution in [0, 0.1) is 5.82 Å². The van der Waals surface area contributed by atoms with E-state index in [0.29, 0.717) is 0 Å². The Balaban J connectivity index is 2.37. The van der Waals surface area contributed by atoms with E-state index in [0.717, 1.165) is 18.2 Å². The van der Waals surface area contributed by atoms with Gasteiger partial charge in [-0.15, -0.1) is 0 Å². The molecule has 2 rings (SSSR count). The fourth-order valence-corrected chi connectivity index (χ4v) is 3.12. The van der Waals surface area contributed by atoms with Crippen molar-refractivity contribution in [3.05, 3.63) is 58.4 Å². The molecule has 2 amide bonds. The number of nitrogens with one attached hydrogen (secondary N) is 2. The van der Waals surface area contributed by atoms with E-state index in [4.69, 9.17) is 11.6 Å². The molecule has 0 saturated carbocycles. The second-order valence-electron chi connectivity index (χ2n) is 5.70. The molecule has 27 heavy (non-hydrogen) atoms. The molecule has 0 spiro atoms. The van der Waals surface area contributed by atoms with Crippen LogP contribution in [0.2, 0.25) is 5.02 Å². The summed E-state index contributed by atoms with van der Waals surface area (Å²) in [7, 11) is 0.460. The van der Waals surface area contributed by atoms with Gasteiger partial charge >= 0.3 is 0 Å². The zero-order chi connectivity index (χ0) is 20.4. The van der Waals surface area contributed by atoms with Gasteiger partial charge in [0.2, 0.25) is 10.0 Å². The molecule has 144 valence electrons. The molecule has 2 aromatic rings. The van der Waals surface area contributed by atoms with Crippen molar-refractivity contribution < 1.29 is 22.4 Å². The molecule has 10 heteroatoms. The molecule has 0 radical (unpaired) electrons. The van der Waals surface area contributed by atoms with Crippen LogP contribution >= 0.6 is 11.6 Å². The number of rotatable bonds is 5. The Morgan fingerprint density at radius 3 is 2.33 bits per heavy atom. The summed E-state index contributed by atoms with van der Waals surface area (Å²) in [6.45, 7) is 0. The summed E-state index contributed by atoms with van der Waals surface area (Å²) in [5.74, 6) is -2.13. The van der Waals surface area contributed by atoms with Gasteiger partial charge < -0.3 is 10.2 Å². The maximum atomic E-state index is 14.0. The van der Waals surface area contributed by atoms with E-state index >= 15 is 0 Å². The van der Waals surface area contributed by atoms with Crippen molar-refractivity contribution in [1.29, 1.82) is 0 Å². The van der Waals surface area contributed by atoms with Gasteiger partial charge in [0.15, 0.2) is 0 Å². The van der Waals surface area contributed by atoms with Crippen molar-refractivity contribution in [1.82, 2.24) is 9.62 Å². The number of halogens is 2. The largest absolute Gasteiger partial charge is 0.345 e. The predicted octanol–water partition coefficient (Wildman–Crippen LogP) is 2.34. The van der Waals surface area contributed by atoms with E-state index in [-0.39, 0.29) is 27.1 Å². The molecule has 2 aromatic carbocycles. The minimum atomic E-state index is -3.84. The third-order valence-corrected chi connectivity index (χ3v) is 5.36. The zero-order valence-electron chi connectivity index (χ0n) is 14.7. The Morgan fingerprint density at radius 1 is 1.07 bits per heavy atom. The van der Waals surface area contributed by atoms with E-state index < -0.39 is 27.3 Å². The summed E-state index contributed by atoms with van der Waals surface area (Å²) in [6, 6.07) is 7.09. The summed E-state index contributed by atoms with van der Waals surface area (Å²) in [5, 5.41) is 2.63. The maximum Gasteiger partial charge on any atom is 0.258 e. The third-order valence-electron chi connectivity index (χ3n) is 3.62. The van der Waals surface area contributed by atoms with Crippen LogP contribution in [0.25, 0.3) is 0 Å². The lowest BCUT2D eigenvalue weighted by atomic mass is 10.1. The lowest BCUT2D eigenvalue weighted by molar-refractivity contribution is 0.0827. The van der Waals surface area contributed by atoms with Crippen molar-refractivity contribution in [2.24, 2.45) is 0 Å². The van der Waals surface area contributed by atoms with Gasteiger partial charge in [-0.25, -0.2) is 17.5 Å². The number of carbonyl (C=O) groups excluding carboxylic acids is 2. The van der Waals surface area contributed by atoms with Crippen LogP contribution in [-0.4, -0.2) is 46.3 Å². The summed E-state index contributed by atoms with van der Waals surface area (Å²) >= 11 is 6.01. The summed E-state index contributed by atoms with van der Waals surface area (Å²) < 4.78 is 39.8. The van der Waals surface area contributed by atoms with Crippen molar-refractivity contribution in [2.45, 2.75) is 4.90 Å². The van der Waals surface area contributed by atoms with Crippen molar-refractivity contribution in [3.63, 3.8) is 0 Å². The quantitative estimate of drug-likeness (QED) is 0.786. The van der Waals surface area contributed by atoms with Gasteiger partial charge in [0.25, 0.3) is 11.8 Å². The van der Waals surface area contributed by atoms with Gasteiger partial charge in [-0.2, -0.15) is 0 Å². The molecule has 2 N–H and O–H groups in total. The van der Waals surface area contributed by atoms with Gasteiger partial charge in [-0.3, -0.25) is 9.59 Å². The highest BCUT2D eigenvalue weighted by atomic mass is 35.5. The van der Waals surface area contributed by atoms with Crippen molar-refractivity contribution in [3.8, 4) is 0 Å². The first-order valence-corrected chi connectivity index (χ1v) is 9.48. The Kier molecular flexibility index (Phi) is 6.19. The first-order chi connectivity index (χ1) is 12.6. The SMILES string of the molecule is CNS(=O)(=O)c1ccc(F)c(C(=O)Nc2ccc(Cl)c(C(=O)N(C)C)c2)c1. The number of hydrogen-bond donors (Lipinski definition) is 2. The number of nitrogens with zero attached hydrogens (tertiary/aromatic N) is 1. The number of amides is 2. The Bertz CT molecular complexity index is 1010. The smallest absolute Gasteiger partial charge is 0.258 e. The Hall–Kier alpha value is -2.49. The van der Waals surface area contributed by atoms with Gasteiger partial charge in [0.1, 0.15) is 5.82 Å². The monoisotopic (exact) mass is 413 g/mol. The van der Waals surface area contributed by atoms with E-state index in [1.54, 1.807) is 14.1 Å². The number of hydrogen-bond acceptors (Lipinski definition) is 4. The van der Waals surface area contributed by atoms with E-state index in [2.05, 4.69) is 10.0 Å².